The van der Waals surface area contributed by atoms with Crippen LogP contribution in [0.2, 0.25) is 0 Å². The van der Waals surface area contributed by atoms with Crippen molar-refractivity contribution in [3.63, 3.8) is 0 Å². The molecule has 0 amide bonds. The first-order valence-corrected chi connectivity index (χ1v) is 9.56. The highest BCUT2D eigenvalue weighted by atomic mass is 19.4. The highest BCUT2D eigenvalue weighted by molar-refractivity contribution is 5.39. The summed E-state index contributed by atoms with van der Waals surface area (Å²) >= 11 is 0. The second kappa shape index (κ2) is 8.51. The summed E-state index contributed by atoms with van der Waals surface area (Å²) in [6.45, 7) is 4.39. The van der Waals surface area contributed by atoms with Crippen LogP contribution in [0, 0.1) is 0 Å². The largest absolute Gasteiger partial charge is 0.435 e. The van der Waals surface area contributed by atoms with Gasteiger partial charge in [0.25, 0.3) is 0 Å². The Morgan fingerprint density at radius 3 is 2.07 bits per heavy atom. The van der Waals surface area contributed by atoms with Crippen LogP contribution in [0.25, 0.3) is 0 Å². The second-order valence-electron chi connectivity index (χ2n) is 8.25. The molecule has 30 heavy (non-hydrogen) atoms. The molecule has 2 aromatic carbocycles. The number of ether oxygens (including phenoxy) is 2. The predicted molar refractivity (Wildman–Crippen MR) is 103 cm³/mol. The summed E-state index contributed by atoms with van der Waals surface area (Å²) in [5.41, 5.74) is -0.424. The molecule has 0 radical (unpaired) electrons. The summed E-state index contributed by atoms with van der Waals surface area (Å²) in [7, 11) is 0. The monoisotopic (exact) mass is 429 g/mol. The van der Waals surface area contributed by atoms with Gasteiger partial charge in [0.15, 0.2) is 0 Å². The molecule has 1 fully saturated rings. The van der Waals surface area contributed by atoms with Crippen molar-refractivity contribution < 1.29 is 31.4 Å². The first-order valence-electron chi connectivity index (χ1n) is 9.56. The van der Waals surface area contributed by atoms with E-state index in [1.165, 1.54) is 42.5 Å². The Kier molecular flexibility index (Phi) is 6.38. The van der Waals surface area contributed by atoms with Crippen LogP contribution in [0.3, 0.4) is 0 Å². The predicted octanol–water partition coefficient (Wildman–Crippen LogP) is 5.90. The van der Waals surface area contributed by atoms with Gasteiger partial charge in [0.2, 0.25) is 0 Å². The zero-order valence-electron chi connectivity index (χ0n) is 16.9. The molecular weight excluding hydrogens is 405 g/mol. The summed E-state index contributed by atoms with van der Waals surface area (Å²) < 4.78 is 76.1. The fraction of sp³-hybridized carbons (Fsp3) is 0.455. The van der Waals surface area contributed by atoms with Crippen LogP contribution in [-0.4, -0.2) is 36.2 Å². The fourth-order valence-corrected chi connectivity index (χ4v) is 3.40. The van der Waals surface area contributed by atoms with Crippen LogP contribution < -0.4 is 4.74 Å². The van der Waals surface area contributed by atoms with Crippen LogP contribution in [0.4, 0.5) is 22.0 Å². The Morgan fingerprint density at radius 2 is 1.53 bits per heavy atom. The highest BCUT2D eigenvalue weighted by Gasteiger charge is 2.39. The van der Waals surface area contributed by atoms with Crippen LogP contribution in [-0.2, 0) is 10.9 Å². The Bertz CT molecular complexity index is 840. The molecule has 3 nitrogen and oxygen atoms in total. The molecule has 0 aromatic heterocycles. The van der Waals surface area contributed by atoms with Crippen molar-refractivity contribution in [3.05, 3.63) is 65.2 Å². The molecule has 1 saturated heterocycles. The number of nitrogens with zero attached hydrogens (tertiary/aromatic N) is 1. The van der Waals surface area contributed by atoms with Gasteiger partial charge in [-0.25, -0.2) is 0 Å². The van der Waals surface area contributed by atoms with Gasteiger partial charge in [0, 0.05) is 18.6 Å². The first kappa shape index (κ1) is 22.5. The van der Waals surface area contributed by atoms with Crippen molar-refractivity contribution in [3.8, 4) is 5.75 Å². The minimum Gasteiger partial charge on any atom is -0.435 e. The average molecular weight is 429 g/mol. The van der Waals surface area contributed by atoms with Gasteiger partial charge in [-0.3, -0.25) is 4.90 Å². The van der Waals surface area contributed by atoms with E-state index in [0.717, 1.165) is 6.07 Å². The first-order chi connectivity index (χ1) is 13.9. The third-order valence-electron chi connectivity index (χ3n) is 5.08. The number of alkyl halides is 5. The number of hydrogen-bond acceptors (Lipinski definition) is 3. The van der Waals surface area contributed by atoms with Crippen LogP contribution in [0.5, 0.6) is 5.75 Å². The Labute approximate surface area is 172 Å². The number of hydrogen-bond donors (Lipinski definition) is 0. The molecule has 1 unspecified atom stereocenters. The molecule has 0 bridgehead atoms. The van der Waals surface area contributed by atoms with Gasteiger partial charge in [0.05, 0.1) is 11.7 Å². The van der Waals surface area contributed by atoms with E-state index in [1.54, 1.807) is 0 Å². The minimum atomic E-state index is -4.55. The Hall–Kier alpha value is -2.19. The van der Waals surface area contributed by atoms with E-state index in [4.69, 9.17) is 4.74 Å². The quantitative estimate of drug-likeness (QED) is 0.534. The molecule has 2 aromatic rings. The normalized spacial score (nSPS) is 17.1. The van der Waals surface area contributed by atoms with Crippen LogP contribution in [0.1, 0.15) is 43.6 Å². The van der Waals surface area contributed by atoms with Crippen molar-refractivity contribution in [1.29, 1.82) is 0 Å². The number of benzene rings is 2. The minimum absolute atomic E-state index is 0.0123. The number of rotatable bonds is 6. The van der Waals surface area contributed by atoms with E-state index in [0.29, 0.717) is 18.7 Å². The van der Waals surface area contributed by atoms with E-state index in [-0.39, 0.29) is 23.0 Å². The molecule has 0 spiro atoms. The maximum atomic E-state index is 13.6. The van der Waals surface area contributed by atoms with Gasteiger partial charge in [-0.05, 0) is 50.1 Å². The Balaban J connectivity index is 1.91. The zero-order valence-corrected chi connectivity index (χ0v) is 16.9. The molecule has 0 saturated carbocycles. The lowest BCUT2D eigenvalue weighted by atomic mass is 9.94. The van der Waals surface area contributed by atoms with Crippen molar-refractivity contribution in [2.45, 2.75) is 51.3 Å². The van der Waals surface area contributed by atoms with Gasteiger partial charge in [-0.2, -0.15) is 22.0 Å². The molecule has 1 aliphatic heterocycles. The number of halogens is 5. The molecule has 1 heterocycles. The van der Waals surface area contributed by atoms with Gasteiger partial charge in [-0.15, -0.1) is 0 Å². The summed E-state index contributed by atoms with van der Waals surface area (Å²) in [5.74, 6) is -0.0702. The maximum absolute atomic E-state index is 13.6. The molecule has 1 atom stereocenters. The van der Waals surface area contributed by atoms with E-state index in [9.17, 15) is 22.0 Å². The molecule has 0 aliphatic carbocycles. The topological polar surface area (TPSA) is 21.7 Å². The van der Waals surface area contributed by atoms with Crippen molar-refractivity contribution in [1.82, 2.24) is 4.90 Å². The molecule has 3 rings (SSSR count). The number of likely N-dealkylation sites (tertiary alicyclic amines) is 1. The Morgan fingerprint density at radius 1 is 0.933 bits per heavy atom. The maximum Gasteiger partial charge on any atom is 0.416 e. The van der Waals surface area contributed by atoms with Crippen molar-refractivity contribution in [2.24, 2.45) is 0 Å². The SMILES string of the molecule is CC(C)(C)N1CC(OC(c2ccc(OC(F)F)cc2)c2ccccc2C(F)(F)F)C1. The van der Waals surface area contributed by atoms with Crippen molar-refractivity contribution in [2.75, 3.05) is 13.1 Å². The summed E-state index contributed by atoms with van der Waals surface area (Å²) in [6, 6.07) is 10.8. The van der Waals surface area contributed by atoms with E-state index in [2.05, 4.69) is 30.4 Å². The standard InChI is InChI=1S/C22H24F5NO2/c1-21(2,3)28-12-16(13-28)29-19(14-8-10-15(11-9-14)30-20(23)24)17-6-4-5-7-18(17)22(25,26)27/h4-11,16,19-20H,12-13H2,1-3H3. The van der Waals surface area contributed by atoms with E-state index in [1.807, 2.05) is 0 Å². The molecule has 8 heteroatoms. The summed E-state index contributed by atoms with van der Waals surface area (Å²) in [5, 5.41) is 0. The van der Waals surface area contributed by atoms with Gasteiger partial charge < -0.3 is 9.47 Å². The third kappa shape index (κ3) is 5.29. The average Bonchev–Trinajstić information content (AvgIpc) is 2.59. The highest BCUT2D eigenvalue weighted by Crippen LogP contribution is 2.40. The van der Waals surface area contributed by atoms with E-state index < -0.39 is 24.5 Å². The van der Waals surface area contributed by atoms with Gasteiger partial charge >= 0.3 is 12.8 Å². The molecular formula is C22H24F5NO2. The summed E-state index contributed by atoms with van der Waals surface area (Å²) in [4.78, 5) is 2.17. The fourth-order valence-electron chi connectivity index (χ4n) is 3.40. The van der Waals surface area contributed by atoms with Gasteiger partial charge in [0.1, 0.15) is 11.9 Å². The van der Waals surface area contributed by atoms with Gasteiger partial charge in [-0.1, -0.05) is 30.3 Å². The second-order valence-corrected chi connectivity index (χ2v) is 8.25. The van der Waals surface area contributed by atoms with Crippen molar-refractivity contribution >= 4 is 0 Å². The lowest BCUT2D eigenvalue weighted by molar-refractivity contribution is -0.142. The lowest BCUT2D eigenvalue weighted by Gasteiger charge is -2.48. The molecule has 0 N–H and O–H groups in total. The van der Waals surface area contributed by atoms with Crippen LogP contribution in [0.15, 0.2) is 48.5 Å². The van der Waals surface area contributed by atoms with E-state index >= 15 is 0 Å². The molecule has 1 aliphatic rings. The molecule has 164 valence electrons. The summed E-state index contributed by atoms with van der Waals surface area (Å²) in [6.07, 6.45) is -5.78. The third-order valence-corrected chi connectivity index (χ3v) is 5.08. The lowest BCUT2D eigenvalue weighted by Crippen LogP contribution is -2.59. The smallest absolute Gasteiger partial charge is 0.416 e. The zero-order chi connectivity index (χ0) is 22.1. The van der Waals surface area contributed by atoms with Crippen LogP contribution >= 0.6 is 0 Å².